The second kappa shape index (κ2) is 8.62. The fraction of sp³-hybridized carbons (Fsp3) is 0.115. The lowest BCUT2D eigenvalue weighted by atomic mass is 10.1. The predicted molar refractivity (Wildman–Crippen MR) is 125 cm³/mol. The van der Waals surface area contributed by atoms with Gasteiger partial charge in [0.05, 0.1) is 0 Å². The minimum atomic E-state index is -4.55. The van der Waals surface area contributed by atoms with Crippen molar-refractivity contribution in [3.63, 3.8) is 0 Å². The third kappa shape index (κ3) is 4.22. The van der Waals surface area contributed by atoms with Crippen molar-refractivity contribution in [3.05, 3.63) is 103 Å². The van der Waals surface area contributed by atoms with Crippen molar-refractivity contribution in [2.45, 2.75) is 19.1 Å². The van der Waals surface area contributed by atoms with Crippen LogP contribution in [-0.4, -0.2) is 25.8 Å². The Labute approximate surface area is 193 Å². The summed E-state index contributed by atoms with van der Waals surface area (Å²) in [6.45, 7) is 1.88. The Morgan fingerprint density at radius 3 is 2.26 bits per heavy atom. The van der Waals surface area contributed by atoms with Crippen LogP contribution in [0.4, 0.5) is 19.0 Å². The van der Waals surface area contributed by atoms with E-state index in [9.17, 15) is 13.2 Å². The maximum Gasteiger partial charge on any atom is 0.412 e. The maximum atomic E-state index is 14.2. The van der Waals surface area contributed by atoms with Crippen molar-refractivity contribution in [3.8, 4) is 22.5 Å². The Morgan fingerprint density at radius 2 is 1.59 bits per heavy atom. The second-order valence-electron chi connectivity index (χ2n) is 7.95. The van der Waals surface area contributed by atoms with Gasteiger partial charge in [-0.1, -0.05) is 60.7 Å². The van der Waals surface area contributed by atoms with Gasteiger partial charge in [0.25, 0.3) is 0 Å². The molecule has 1 atom stereocenters. The Kier molecular flexibility index (Phi) is 5.49. The number of aromatic nitrogens is 4. The second-order valence-corrected chi connectivity index (χ2v) is 7.95. The minimum Gasteiger partial charge on any atom is -0.353 e. The third-order valence-electron chi connectivity index (χ3n) is 5.47. The van der Waals surface area contributed by atoms with E-state index in [1.807, 2.05) is 49.4 Å². The summed E-state index contributed by atoms with van der Waals surface area (Å²) in [7, 11) is 0. The molecular weight excluding hydrogens is 439 g/mol. The quantitative estimate of drug-likeness (QED) is 0.327. The number of nitrogens with zero attached hydrogens (tertiary/aromatic N) is 4. The standard InChI is InChI=1S/C26H20F3N5/c1-17-14-20(16-30-15-17)24-32-25(31-23(26(27,28)29)19-10-6-3-7-11-19)22-21(12-13-34(22)33-24)18-8-4-2-5-9-18/h2-16,23H,1H3,(H,31,32,33). The molecule has 0 fully saturated rings. The molecule has 5 aromatic rings. The van der Waals surface area contributed by atoms with Gasteiger partial charge < -0.3 is 5.32 Å². The van der Waals surface area contributed by atoms with Gasteiger partial charge in [-0.3, -0.25) is 4.98 Å². The number of nitrogens with one attached hydrogen (secondary N) is 1. The van der Waals surface area contributed by atoms with Crippen LogP contribution < -0.4 is 5.32 Å². The van der Waals surface area contributed by atoms with Crippen LogP contribution in [0.2, 0.25) is 0 Å². The van der Waals surface area contributed by atoms with Crippen LogP contribution in [0.3, 0.4) is 0 Å². The number of aryl methyl sites for hydroxylation is 1. The molecule has 0 spiro atoms. The molecule has 0 aliphatic heterocycles. The van der Waals surface area contributed by atoms with Crippen LogP contribution in [0.25, 0.3) is 28.0 Å². The fourth-order valence-corrected chi connectivity index (χ4v) is 3.91. The summed E-state index contributed by atoms with van der Waals surface area (Å²) in [5.74, 6) is 0.358. The number of hydrogen-bond acceptors (Lipinski definition) is 4. The highest BCUT2D eigenvalue weighted by atomic mass is 19.4. The largest absolute Gasteiger partial charge is 0.412 e. The van der Waals surface area contributed by atoms with E-state index in [0.29, 0.717) is 11.1 Å². The molecule has 0 radical (unpaired) electrons. The Morgan fingerprint density at radius 1 is 0.882 bits per heavy atom. The van der Waals surface area contributed by atoms with E-state index in [0.717, 1.165) is 16.7 Å². The highest BCUT2D eigenvalue weighted by Gasteiger charge is 2.41. The molecule has 0 amide bonds. The molecule has 8 heteroatoms. The maximum absolute atomic E-state index is 14.2. The summed E-state index contributed by atoms with van der Waals surface area (Å²) in [4.78, 5) is 8.75. The lowest BCUT2D eigenvalue weighted by molar-refractivity contribution is -0.144. The van der Waals surface area contributed by atoms with Crippen molar-refractivity contribution < 1.29 is 13.2 Å². The number of pyridine rings is 1. The van der Waals surface area contributed by atoms with E-state index >= 15 is 0 Å². The van der Waals surface area contributed by atoms with Gasteiger partial charge in [-0.15, -0.1) is 5.10 Å². The molecule has 1 N–H and O–H groups in total. The Balaban J connectivity index is 1.72. The number of hydrogen-bond donors (Lipinski definition) is 1. The number of anilines is 1. The van der Waals surface area contributed by atoms with Crippen LogP contribution in [0.15, 0.2) is 91.4 Å². The number of benzene rings is 2. The van der Waals surface area contributed by atoms with Crippen LogP contribution in [0, 0.1) is 6.92 Å². The topological polar surface area (TPSA) is 55.1 Å². The first-order chi connectivity index (χ1) is 16.4. The van der Waals surface area contributed by atoms with E-state index in [2.05, 4.69) is 20.4 Å². The number of halogens is 3. The molecule has 3 heterocycles. The molecule has 2 aromatic carbocycles. The molecule has 3 aromatic heterocycles. The van der Waals surface area contributed by atoms with Crippen LogP contribution >= 0.6 is 0 Å². The van der Waals surface area contributed by atoms with Crippen LogP contribution in [0.5, 0.6) is 0 Å². The van der Waals surface area contributed by atoms with Gasteiger partial charge in [0.1, 0.15) is 11.6 Å². The molecule has 34 heavy (non-hydrogen) atoms. The number of fused-ring (bicyclic) bond motifs is 1. The average molecular weight is 459 g/mol. The first-order valence-electron chi connectivity index (χ1n) is 10.7. The highest BCUT2D eigenvalue weighted by molar-refractivity contribution is 5.89. The zero-order valence-electron chi connectivity index (χ0n) is 18.2. The highest BCUT2D eigenvalue weighted by Crippen LogP contribution is 2.38. The number of rotatable bonds is 5. The summed E-state index contributed by atoms with van der Waals surface area (Å²) in [5.41, 5.74) is 3.64. The first kappa shape index (κ1) is 21.6. The molecule has 170 valence electrons. The molecule has 1 unspecified atom stereocenters. The smallest absolute Gasteiger partial charge is 0.353 e. The normalized spacial score (nSPS) is 12.6. The van der Waals surface area contributed by atoms with Gasteiger partial charge in [-0.05, 0) is 35.7 Å². The minimum absolute atomic E-state index is 0.0848. The average Bonchev–Trinajstić information content (AvgIpc) is 3.27. The van der Waals surface area contributed by atoms with E-state index in [-0.39, 0.29) is 17.2 Å². The fourth-order valence-electron chi connectivity index (χ4n) is 3.91. The SMILES string of the molecule is Cc1cncc(-c2nc(NC(c3ccccc3)C(F)(F)F)c3c(-c4ccccc4)ccn3n2)c1. The van der Waals surface area contributed by atoms with Crippen molar-refractivity contribution in [2.75, 3.05) is 5.32 Å². The van der Waals surface area contributed by atoms with Gasteiger partial charge >= 0.3 is 6.18 Å². The third-order valence-corrected chi connectivity index (χ3v) is 5.47. The molecule has 0 aliphatic rings. The Hall–Kier alpha value is -4.20. The van der Waals surface area contributed by atoms with Crippen molar-refractivity contribution in [2.24, 2.45) is 0 Å². The van der Waals surface area contributed by atoms with Crippen molar-refractivity contribution >= 4 is 11.3 Å². The van der Waals surface area contributed by atoms with Crippen LogP contribution in [-0.2, 0) is 0 Å². The summed E-state index contributed by atoms with van der Waals surface area (Å²) in [6.07, 6.45) is 0.466. The van der Waals surface area contributed by atoms with Gasteiger partial charge in [-0.2, -0.15) is 13.2 Å². The zero-order valence-corrected chi connectivity index (χ0v) is 18.2. The summed E-state index contributed by atoms with van der Waals surface area (Å²) in [5, 5.41) is 7.26. The van der Waals surface area contributed by atoms with Gasteiger partial charge in [-0.25, -0.2) is 9.50 Å². The van der Waals surface area contributed by atoms with Gasteiger partial charge in [0, 0.05) is 29.7 Å². The summed E-state index contributed by atoms with van der Waals surface area (Å²) < 4.78 is 44.1. The lowest BCUT2D eigenvalue weighted by Gasteiger charge is -2.23. The molecule has 0 aliphatic carbocycles. The summed E-state index contributed by atoms with van der Waals surface area (Å²) >= 11 is 0. The molecule has 0 saturated carbocycles. The zero-order chi connectivity index (χ0) is 23.7. The predicted octanol–water partition coefficient (Wildman–Crippen LogP) is 6.48. The molecule has 0 bridgehead atoms. The summed E-state index contributed by atoms with van der Waals surface area (Å²) in [6, 6.07) is 18.9. The van der Waals surface area contributed by atoms with E-state index in [4.69, 9.17) is 0 Å². The van der Waals surface area contributed by atoms with E-state index in [1.165, 1.54) is 12.1 Å². The molecule has 5 rings (SSSR count). The lowest BCUT2D eigenvalue weighted by Crippen LogP contribution is -2.28. The van der Waals surface area contributed by atoms with Crippen LogP contribution in [0.1, 0.15) is 17.2 Å². The van der Waals surface area contributed by atoms with E-state index in [1.54, 1.807) is 41.3 Å². The molecule has 5 nitrogen and oxygen atoms in total. The molecule has 0 saturated heterocycles. The van der Waals surface area contributed by atoms with E-state index < -0.39 is 12.2 Å². The number of alkyl halides is 3. The van der Waals surface area contributed by atoms with Crippen molar-refractivity contribution in [1.82, 2.24) is 19.6 Å². The van der Waals surface area contributed by atoms with Gasteiger partial charge in [0.15, 0.2) is 11.6 Å². The molecular formula is C26H20F3N5. The van der Waals surface area contributed by atoms with Crippen molar-refractivity contribution in [1.29, 1.82) is 0 Å². The first-order valence-corrected chi connectivity index (χ1v) is 10.7. The monoisotopic (exact) mass is 459 g/mol. The van der Waals surface area contributed by atoms with Gasteiger partial charge in [0.2, 0.25) is 0 Å². The Bertz CT molecular complexity index is 1430.